The molecule has 5 heteroatoms. The molecule has 1 aliphatic rings. The number of likely N-dealkylation sites (tertiary alicyclic amines) is 1. The number of carbonyl (C=O) groups excluding carboxylic acids is 1. The molecule has 1 aromatic rings. The van der Waals surface area contributed by atoms with E-state index in [2.05, 4.69) is 10.2 Å². The second-order valence-corrected chi connectivity index (χ2v) is 5.62. The third-order valence-corrected chi connectivity index (χ3v) is 4.02. The number of aliphatic hydroxyl groups is 1. The molecule has 0 spiro atoms. The Morgan fingerprint density at radius 3 is 2.86 bits per heavy atom. The van der Waals surface area contributed by atoms with E-state index >= 15 is 0 Å². The van der Waals surface area contributed by atoms with Gasteiger partial charge in [0.15, 0.2) is 0 Å². The first-order valence-corrected chi connectivity index (χ1v) is 7.69. The van der Waals surface area contributed by atoms with Gasteiger partial charge in [-0.15, -0.1) is 0 Å². The van der Waals surface area contributed by atoms with E-state index in [-0.39, 0.29) is 12.5 Å². The highest BCUT2D eigenvalue weighted by Gasteiger charge is 2.23. The quantitative estimate of drug-likeness (QED) is 0.670. The topological polar surface area (TPSA) is 78.6 Å². The zero-order valence-electron chi connectivity index (χ0n) is 12.4. The average Bonchev–Trinajstić information content (AvgIpc) is 2.93. The maximum absolute atomic E-state index is 12.0. The van der Waals surface area contributed by atoms with E-state index in [0.717, 1.165) is 31.6 Å². The van der Waals surface area contributed by atoms with Gasteiger partial charge in [0, 0.05) is 37.0 Å². The standard InChI is InChI=1S/C16H25N3O2/c17-13-5-7-14(8-6-13)18-16(21)9-11-19-10-1-3-15(19)4-2-12-20/h5-8,15,20H,1-4,9-12,17H2,(H,18,21). The summed E-state index contributed by atoms with van der Waals surface area (Å²) in [5.74, 6) is 0.0348. The van der Waals surface area contributed by atoms with Crippen molar-refractivity contribution < 1.29 is 9.90 Å². The Kier molecular flexibility index (Phi) is 6.02. The summed E-state index contributed by atoms with van der Waals surface area (Å²) in [6.07, 6.45) is 4.74. The molecular formula is C16H25N3O2. The second-order valence-electron chi connectivity index (χ2n) is 5.62. The third-order valence-electron chi connectivity index (χ3n) is 4.02. The molecule has 116 valence electrons. The number of nitrogens with one attached hydrogen (secondary N) is 1. The molecule has 0 bridgehead atoms. The van der Waals surface area contributed by atoms with Gasteiger partial charge in [0.25, 0.3) is 0 Å². The summed E-state index contributed by atoms with van der Waals surface area (Å²) in [5, 5.41) is 11.8. The van der Waals surface area contributed by atoms with Crippen LogP contribution in [0.25, 0.3) is 0 Å². The Morgan fingerprint density at radius 2 is 2.14 bits per heavy atom. The van der Waals surface area contributed by atoms with Crippen LogP contribution < -0.4 is 11.1 Å². The van der Waals surface area contributed by atoms with E-state index in [1.165, 1.54) is 12.8 Å². The predicted octanol–water partition coefficient (Wildman–Crippen LogP) is 1.83. The molecule has 1 aliphatic heterocycles. The molecule has 1 heterocycles. The van der Waals surface area contributed by atoms with Gasteiger partial charge < -0.3 is 16.2 Å². The van der Waals surface area contributed by atoms with Crippen LogP contribution in [0.2, 0.25) is 0 Å². The van der Waals surface area contributed by atoms with Gasteiger partial charge in [-0.3, -0.25) is 9.69 Å². The van der Waals surface area contributed by atoms with Crippen LogP contribution in [0.1, 0.15) is 32.1 Å². The van der Waals surface area contributed by atoms with Gasteiger partial charge in [0.05, 0.1) is 0 Å². The first kappa shape index (κ1) is 15.8. The maximum Gasteiger partial charge on any atom is 0.225 e. The van der Waals surface area contributed by atoms with Crippen LogP contribution in [0.15, 0.2) is 24.3 Å². The van der Waals surface area contributed by atoms with Gasteiger partial charge in [-0.1, -0.05) is 0 Å². The van der Waals surface area contributed by atoms with Crippen LogP contribution >= 0.6 is 0 Å². The summed E-state index contributed by atoms with van der Waals surface area (Å²) in [5.41, 5.74) is 7.09. The van der Waals surface area contributed by atoms with Gasteiger partial charge in [0.2, 0.25) is 5.91 Å². The van der Waals surface area contributed by atoms with E-state index < -0.39 is 0 Å². The molecule has 1 fully saturated rings. The summed E-state index contributed by atoms with van der Waals surface area (Å²) in [6.45, 7) is 2.10. The Hall–Kier alpha value is -1.59. The molecule has 0 aromatic heterocycles. The molecule has 4 N–H and O–H groups in total. The Balaban J connectivity index is 1.74. The van der Waals surface area contributed by atoms with Crippen LogP contribution in [-0.4, -0.2) is 41.7 Å². The molecule has 0 radical (unpaired) electrons. The summed E-state index contributed by atoms with van der Waals surface area (Å²) in [6, 6.07) is 7.71. The molecule has 21 heavy (non-hydrogen) atoms. The highest BCUT2D eigenvalue weighted by atomic mass is 16.2. The second kappa shape index (κ2) is 8.00. The molecule has 1 saturated heterocycles. The molecule has 5 nitrogen and oxygen atoms in total. The van der Waals surface area contributed by atoms with Gasteiger partial charge in [-0.2, -0.15) is 0 Å². The number of anilines is 2. The van der Waals surface area contributed by atoms with Crippen molar-refractivity contribution in [1.29, 1.82) is 0 Å². The predicted molar refractivity (Wildman–Crippen MR) is 85.0 cm³/mol. The minimum Gasteiger partial charge on any atom is -0.399 e. The average molecular weight is 291 g/mol. The third kappa shape index (κ3) is 5.02. The lowest BCUT2D eigenvalue weighted by atomic mass is 10.1. The zero-order chi connectivity index (χ0) is 15.1. The van der Waals surface area contributed by atoms with E-state index in [9.17, 15) is 4.79 Å². The fourth-order valence-corrected chi connectivity index (χ4v) is 2.88. The number of benzene rings is 1. The lowest BCUT2D eigenvalue weighted by molar-refractivity contribution is -0.116. The minimum atomic E-state index is 0.0348. The summed E-state index contributed by atoms with van der Waals surface area (Å²) in [7, 11) is 0. The molecule has 1 unspecified atom stereocenters. The SMILES string of the molecule is Nc1ccc(NC(=O)CCN2CCCC2CCCO)cc1. The normalized spacial score (nSPS) is 18.8. The summed E-state index contributed by atoms with van der Waals surface area (Å²) >= 11 is 0. The lowest BCUT2D eigenvalue weighted by Crippen LogP contribution is -2.32. The van der Waals surface area contributed by atoms with Crippen molar-refractivity contribution >= 4 is 17.3 Å². The van der Waals surface area contributed by atoms with Crippen molar-refractivity contribution in [3.8, 4) is 0 Å². The van der Waals surface area contributed by atoms with Crippen molar-refractivity contribution in [3.05, 3.63) is 24.3 Å². The Labute approximate surface area is 126 Å². The van der Waals surface area contributed by atoms with Crippen LogP contribution in [0.4, 0.5) is 11.4 Å². The van der Waals surface area contributed by atoms with Crippen molar-refractivity contribution in [3.63, 3.8) is 0 Å². The van der Waals surface area contributed by atoms with Gasteiger partial charge in [0.1, 0.15) is 0 Å². The number of nitrogens with two attached hydrogens (primary N) is 1. The first-order chi connectivity index (χ1) is 10.2. The molecule has 1 aromatic carbocycles. The molecule has 0 saturated carbocycles. The van der Waals surface area contributed by atoms with Crippen LogP contribution in [0.5, 0.6) is 0 Å². The number of amides is 1. The van der Waals surface area contributed by atoms with E-state index in [1.807, 2.05) is 12.1 Å². The highest BCUT2D eigenvalue weighted by Crippen LogP contribution is 2.21. The summed E-state index contributed by atoms with van der Waals surface area (Å²) < 4.78 is 0. The zero-order valence-corrected chi connectivity index (χ0v) is 12.4. The molecule has 1 amide bonds. The van der Waals surface area contributed by atoms with Crippen LogP contribution in [-0.2, 0) is 4.79 Å². The molecule has 2 rings (SSSR count). The van der Waals surface area contributed by atoms with Crippen molar-refractivity contribution in [2.75, 3.05) is 30.7 Å². The Morgan fingerprint density at radius 1 is 1.38 bits per heavy atom. The van der Waals surface area contributed by atoms with E-state index in [4.69, 9.17) is 10.8 Å². The van der Waals surface area contributed by atoms with Crippen molar-refractivity contribution in [2.45, 2.75) is 38.1 Å². The van der Waals surface area contributed by atoms with Crippen molar-refractivity contribution in [2.24, 2.45) is 0 Å². The number of rotatable bonds is 7. The maximum atomic E-state index is 12.0. The van der Waals surface area contributed by atoms with Crippen molar-refractivity contribution in [1.82, 2.24) is 4.90 Å². The lowest BCUT2D eigenvalue weighted by Gasteiger charge is -2.23. The molecule has 1 atom stereocenters. The number of nitrogen functional groups attached to an aromatic ring is 1. The number of hydrogen-bond acceptors (Lipinski definition) is 4. The fraction of sp³-hybridized carbons (Fsp3) is 0.562. The first-order valence-electron chi connectivity index (χ1n) is 7.69. The molecule has 0 aliphatic carbocycles. The number of hydrogen-bond donors (Lipinski definition) is 3. The van der Waals surface area contributed by atoms with E-state index in [1.54, 1.807) is 12.1 Å². The fourth-order valence-electron chi connectivity index (χ4n) is 2.88. The number of nitrogens with zero attached hydrogens (tertiary/aromatic N) is 1. The highest BCUT2D eigenvalue weighted by molar-refractivity contribution is 5.90. The van der Waals surface area contributed by atoms with Gasteiger partial charge >= 0.3 is 0 Å². The van der Waals surface area contributed by atoms with Gasteiger partial charge in [-0.25, -0.2) is 0 Å². The van der Waals surface area contributed by atoms with E-state index in [0.29, 0.717) is 18.2 Å². The minimum absolute atomic E-state index is 0.0348. The van der Waals surface area contributed by atoms with Crippen LogP contribution in [0.3, 0.4) is 0 Å². The van der Waals surface area contributed by atoms with Crippen LogP contribution in [0, 0.1) is 0 Å². The Bertz CT molecular complexity index is 447. The molecular weight excluding hydrogens is 266 g/mol. The smallest absolute Gasteiger partial charge is 0.225 e. The number of aliphatic hydroxyl groups excluding tert-OH is 1. The number of carbonyl (C=O) groups is 1. The monoisotopic (exact) mass is 291 g/mol. The summed E-state index contributed by atoms with van der Waals surface area (Å²) in [4.78, 5) is 14.3. The van der Waals surface area contributed by atoms with Gasteiger partial charge in [-0.05, 0) is 56.5 Å². The largest absolute Gasteiger partial charge is 0.399 e.